The topological polar surface area (TPSA) is 83.8 Å². The molecule has 172 valence electrons. The zero-order chi connectivity index (χ0) is 22.6. The Morgan fingerprint density at radius 1 is 1.19 bits per heavy atom. The lowest BCUT2D eigenvalue weighted by Gasteiger charge is -2.21. The van der Waals surface area contributed by atoms with Gasteiger partial charge in [0.05, 0.1) is 18.3 Å². The monoisotopic (exact) mass is 430 g/mol. The van der Waals surface area contributed by atoms with Gasteiger partial charge in [0, 0.05) is 18.8 Å². The Bertz CT molecular complexity index is 697. The van der Waals surface area contributed by atoms with Crippen molar-refractivity contribution in [1.82, 2.24) is 0 Å². The Morgan fingerprint density at radius 3 is 2.65 bits per heavy atom. The van der Waals surface area contributed by atoms with Crippen LogP contribution in [0.5, 0.6) is 0 Å². The van der Waals surface area contributed by atoms with Crippen LogP contribution in [0.4, 0.5) is 0 Å². The summed E-state index contributed by atoms with van der Waals surface area (Å²) in [6, 6.07) is 10.1. The van der Waals surface area contributed by atoms with Gasteiger partial charge in [0.25, 0.3) is 0 Å². The maximum Gasteiger partial charge on any atom is 0.306 e. The summed E-state index contributed by atoms with van der Waals surface area (Å²) in [6.45, 7) is 3.67. The lowest BCUT2D eigenvalue weighted by atomic mass is 9.86. The molecule has 2 N–H and O–H groups in total. The standard InChI is InChI=1S/C26H38O5/c1-19(2)31-26(30)13-9-4-3-8-12-22-23(25(29)18-24(22)28)17-16-21(27)15-14-20-10-6-5-7-11-20/h3,5-8,10-11,19,21-23,25,27,29H,4,9,12-18H2,1-2H3/t21?,22-,23-,25?/m1/s1. The number of aliphatic hydroxyl groups excluding tert-OH is 2. The molecule has 0 spiro atoms. The van der Waals surface area contributed by atoms with E-state index in [0.717, 1.165) is 19.3 Å². The molecule has 5 heteroatoms. The van der Waals surface area contributed by atoms with Gasteiger partial charge in [-0.2, -0.15) is 0 Å². The Balaban J connectivity index is 1.71. The number of rotatable bonds is 13. The molecule has 0 amide bonds. The smallest absolute Gasteiger partial charge is 0.306 e. The van der Waals surface area contributed by atoms with E-state index < -0.39 is 12.2 Å². The number of carbonyl (C=O) groups excluding carboxylic acids is 2. The number of hydrogen-bond donors (Lipinski definition) is 2. The van der Waals surface area contributed by atoms with Crippen molar-refractivity contribution in [3.05, 3.63) is 48.0 Å². The summed E-state index contributed by atoms with van der Waals surface area (Å²) in [6.07, 6.45) is 8.34. The summed E-state index contributed by atoms with van der Waals surface area (Å²) in [5.41, 5.74) is 1.21. The molecular weight excluding hydrogens is 392 g/mol. The van der Waals surface area contributed by atoms with Gasteiger partial charge in [-0.15, -0.1) is 0 Å². The van der Waals surface area contributed by atoms with Gasteiger partial charge in [-0.1, -0.05) is 42.5 Å². The maximum atomic E-state index is 12.3. The van der Waals surface area contributed by atoms with Crippen molar-refractivity contribution in [3.8, 4) is 0 Å². The summed E-state index contributed by atoms with van der Waals surface area (Å²) >= 11 is 0. The van der Waals surface area contributed by atoms with Crippen molar-refractivity contribution in [2.24, 2.45) is 11.8 Å². The highest BCUT2D eigenvalue weighted by Gasteiger charge is 2.40. The number of ketones is 1. The fourth-order valence-electron chi connectivity index (χ4n) is 4.27. The third kappa shape index (κ3) is 9.36. The van der Waals surface area contributed by atoms with Crippen molar-refractivity contribution in [2.75, 3.05) is 0 Å². The van der Waals surface area contributed by atoms with Crippen LogP contribution < -0.4 is 0 Å². The van der Waals surface area contributed by atoms with Crippen LogP contribution in [-0.4, -0.2) is 40.3 Å². The Labute approximate surface area is 186 Å². The molecule has 2 unspecified atom stereocenters. The number of aliphatic hydroxyl groups is 2. The van der Waals surface area contributed by atoms with Crippen LogP contribution in [0.3, 0.4) is 0 Å². The Kier molecular flexibility index (Phi) is 11.0. The summed E-state index contributed by atoms with van der Waals surface area (Å²) in [5.74, 6) is -0.340. The first-order valence-corrected chi connectivity index (χ1v) is 11.6. The molecule has 0 heterocycles. The van der Waals surface area contributed by atoms with Crippen molar-refractivity contribution in [1.29, 1.82) is 0 Å². The molecule has 4 atom stereocenters. The van der Waals surface area contributed by atoms with Crippen molar-refractivity contribution in [2.45, 2.75) is 89.9 Å². The number of carbonyl (C=O) groups is 2. The fraction of sp³-hybridized carbons (Fsp3) is 0.615. The zero-order valence-electron chi connectivity index (χ0n) is 18.9. The van der Waals surface area contributed by atoms with E-state index in [4.69, 9.17) is 4.74 Å². The summed E-state index contributed by atoms with van der Waals surface area (Å²) in [5, 5.41) is 20.7. The first kappa shape index (κ1) is 25.3. The lowest BCUT2D eigenvalue weighted by Crippen LogP contribution is -2.22. The number of ether oxygens (including phenoxy) is 1. The zero-order valence-corrected chi connectivity index (χ0v) is 18.9. The third-order valence-electron chi connectivity index (χ3n) is 5.95. The predicted octanol–water partition coefficient (Wildman–Crippen LogP) is 4.39. The molecule has 1 aromatic carbocycles. The molecule has 1 aliphatic carbocycles. The van der Waals surface area contributed by atoms with Crippen LogP contribution in [0.1, 0.15) is 70.8 Å². The largest absolute Gasteiger partial charge is 0.463 e. The molecule has 1 fully saturated rings. The number of unbranched alkanes of at least 4 members (excludes halogenated alkanes) is 1. The second kappa shape index (κ2) is 13.4. The van der Waals surface area contributed by atoms with Crippen LogP contribution in [0.25, 0.3) is 0 Å². The fourth-order valence-corrected chi connectivity index (χ4v) is 4.27. The number of allylic oxidation sites excluding steroid dienone is 2. The molecule has 31 heavy (non-hydrogen) atoms. The maximum absolute atomic E-state index is 12.3. The molecule has 0 aromatic heterocycles. The average molecular weight is 431 g/mol. The minimum Gasteiger partial charge on any atom is -0.463 e. The second-order valence-electron chi connectivity index (χ2n) is 8.90. The van der Waals surface area contributed by atoms with Gasteiger partial charge in [-0.3, -0.25) is 9.59 Å². The average Bonchev–Trinajstić information content (AvgIpc) is 3.00. The SMILES string of the molecule is CC(C)OC(=O)CCCC=CC[C@H]1C(=O)CC(O)[C@@H]1CCC(O)CCc1ccccc1. The van der Waals surface area contributed by atoms with Crippen molar-refractivity contribution >= 4 is 11.8 Å². The number of benzene rings is 1. The molecule has 2 rings (SSSR count). The number of hydrogen-bond acceptors (Lipinski definition) is 5. The predicted molar refractivity (Wildman–Crippen MR) is 121 cm³/mol. The van der Waals surface area contributed by atoms with Crippen LogP contribution >= 0.6 is 0 Å². The normalized spacial score (nSPS) is 22.4. The van der Waals surface area contributed by atoms with Gasteiger partial charge in [0.15, 0.2) is 0 Å². The lowest BCUT2D eigenvalue weighted by molar-refractivity contribution is -0.147. The highest BCUT2D eigenvalue weighted by Crippen LogP contribution is 2.36. The number of Topliss-reactive ketones (excluding diaryl/α,β-unsaturated/α-hetero) is 1. The van der Waals surface area contributed by atoms with Gasteiger partial charge in [-0.05, 0) is 70.3 Å². The van der Waals surface area contributed by atoms with E-state index in [1.807, 2.05) is 44.2 Å². The first-order chi connectivity index (χ1) is 14.9. The molecule has 1 saturated carbocycles. The van der Waals surface area contributed by atoms with Crippen molar-refractivity contribution in [3.63, 3.8) is 0 Å². The third-order valence-corrected chi connectivity index (χ3v) is 5.95. The number of aryl methyl sites for hydroxylation is 1. The molecule has 5 nitrogen and oxygen atoms in total. The summed E-state index contributed by atoms with van der Waals surface area (Å²) < 4.78 is 5.11. The Morgan fingerprint density at radius 2 is 1.94 bits per heavy atom. The van der Waals surface area contributed by atoms with Crippen LogP contribution in [0, 0.1) is 11.8 Å². The number of esters is 1. The van der Waals surface area contributed by atoms with E-state index in [0.29, 0.717) is 32.1 Å². The van der Waals surface area contributed by atoms with Gasteiger partial charge in [-0.25, -0.2) is 0 Å². The van der Waals surface area contributed by atoms with E-state index in [9.17, 15) is 19.8 Å². The summed E-state index contributed by atoms with van der Waals surface area (Å²) in [4.78, 5) is 23.9. The molecule has 0 bridgehead atoms. The van der Waals surface area contributed by atoms with E-state index in [-0.39, 0.29) is 36.1 Å². The van der Waals surface area contributed by atoms with Gasteiger partial charge in [0.1, 0.15) is 5.78 Å². The highest BCUT2D eigenvalue weighted by molar-refractivity contribution is 5.84. The first-order valence-electron chi connectivity index (χ1n) is 11.6. The molecule has 0 saturated heterocycles. The highest BCUT2D eigenvalue weighted by atomic mass is 16.5. The van der Waals surface area contributed by atoms with E-state index in [1.54, 1.807) is 0 Å². The Hall–Kier alpha value is -1.98. The molecule has 1 aliphatic rings. The molecule has 0 radical (unpaired) electrons. The van der Waals surface area contributed by atoms with Gasteiger partial charge >= 0.3 is 5.97 Å². The van der Waals surface area contributed by atoms with Crippen LogP contribution in [0.15, 0.2) is 42.5 Å². The minimum absolute atomic E-state index is 0.0864. The van der Waals surface area contributed by atoms with Crippen LogP contribution in [0.2, 0.25) is 0 Å². The van der Waals surface area contributed by atoms with Crippen molar-refractivity contribution < 1.29 is 24.5 Å². The second-order valence-corrected chi connectivity index (χ2v) is 8.90. The van der Waals surface area contributed by atoms with Gasteiger partial charge in [0.2, 0.25) is 0 Å². The van der Waals surface area contributed by atoms with Gasteiger partial charge < -0.3 is 14.9 Å². The van der Waals surface area contributed by atoms with E-state index in [2.05, 4.69) is 12.1 Å². The minimum atomic E-state index is -0.613. The van der Waals surface area contributed by atoms with Crippen LogP contribution in [-0.2, 0) is 20.7 Å². The van der Waals surface area contributed by atoms with E-state index >= 15 is 0 Å². The molecule has 1 aromatic rings. The summed E-state index contributed by atoms with van der Waals surface area (Å²) in [7, 11) is 0. The van der Waals surface area contributed by atoms with E-state index in [1.165, 1.54) is 5.56 Å². The quantitative estimate of drug-likeness (QED) is 0.275. The molecule has 0 aliphatic heterocycles. The molecular formula is C26H38O5.